The lowest BCUT2D eigenvalue weighted by Gasteiger charge is -2.14. The van der Waals surface area contributed by atoms with Crippen molar-refractivity contribution >= 4 is 17.3 Å². The summed E-state index contributed by atoms with van der Waals surface area (Å²) >= 11 is 6.56. The fourth-order valence-corrected chi connectivity index (χ4v) is 2.86. The zero-order valence-corrected chi connectivity index (χ0v) is 11.4. The Balaban J connectivity index is 1.80. The van der Waals surface area contributed by atoms with Gasteiger partial charge in [0, 0.05) is 5.71 Å². The number of aliphatic imine (C=N–C) groups is 1. The van der Waals surface area contributed by atoms with Gasteiger partial charge in [-0.05, 0) is 24.0 Å². The maximum absolute atomic E-state index is 6.56. The van der Waals surface area contributed by atoms with Crippen molar-refractivity contribution in [1.82, 2.24) is 0 Å². The zero-order chi connectivity index (χ0) is 13.1. The third-order valence-electron chi connectivity index (χ3n) is 3.56. The quantitative estimate of drug-likeness (QED) is 0.721. The summed E-state index contributed by atoms with van der Waals surface area (Å²) in [5, 5.41) is -0.0255. The summed E-state index contributed by atoms with van der Waals surface area (Å²) in [4.78, 5) is 4.82. The highest BCUT2D eigenvalue weighted by molar-refractivity contribution is 6.21. The molecule has 0 saturated carbocycles. The van der Waals surface area contributed by atoms with Crippen molar-refractivity contribution in [2.75, 3.05) is 0 Å². The average Bonchev–Trinajstić information content (AvgIpc) is 2.98. The van der Waals surface area contributed by atoms with E-state index in [9.17, 15) is 0 Å². The van der Waals surface area contributed by atoms with E-state index in [0.717, 1.165) is 18.4 Å². The standard InChI is InChI=1S/C17H16ClN/c18-17(14-9-5-2-6-10-14)16-12-11-15(19-16)13-7-3-1-4-8-13/h1-10,16-17H,11-12H2. The lowest BCUT2D eigenvalue weighted by Crippen LogP contribution is -2.08. The van der Waals surface area contributed by atoms with Crippen LogP contribution in [0.1, 0.15) is 29.3 Å². The molecule has 3 rings (SSSR count). The van der Waals surface area contributed by atoms with Gasteiger partial charge in [-0.1, -0.05) is 60.7 Å². The van der Waals surface area contributed by atoms with Crippen LogP contribution in [0.2, 0.25) is 0 Å². The molecule has 2 heteroatoms. The first-order valence-corrected chi connectivity index (χ1v) is 7.09. The van der Waals surface area contributed by atoms with E-state index >= 15 is 0 Å². The predicted molar refractivity (Wildman–Crippen MR) is 81.0 cm³/mol. The van der Waals surface area contributed by atoms with Crippen molar-refractivity contribution in [2.24, 2.45) is 4.99 Å². The minimum atomic E-state index is -0.0255. The molecule has 0 fully saturated rings. The van der Waals surface area contributed by atoms with Crippen LogP contribution in [0.3, 0.4) is 0 Å². The summed E-state index contributed by atoms with van der Waals surface area (Å²) in [5.41, 5.74) is 3.57. The molecule has 1 aliphatic rings. The maximum Gasteiger partial charge on any atom is 0.0809 e. The van der Waals surface area contributed by atoms with Gasteiger partial charge in [-0.25, -0.2) is 0 Å². The number of rotatable bonds is 3. The number of hydrogen-bond acceptors (Lipinski definition) is 1. The molecule has 96 valence electrons. The summed E-state index contributed by atoms with van der Waals surface area (Å²) in [6.07, 6.45) is 2.05. The first kappa shape index (κ1) is 12.4. The van der Waals surface area contributed by atoms with E-state index in [2.05, 4.69) is 36.4 Å². The number of alkyl halides is 1. The van der Waals surface area contributed by atoms with Crippen LogP contribution in [0, 0.1) is 0 Å². The van der Waals surface area contributed by atoms with Crippen molar-refractivity contribution in [3.8, 4) is 0 Å². The second kappa shape index (κ2) is 5.58. The van der Waals surface area contributed by atoms with Crippen LogP contribution >= 0.6 is 11.6 Å². The Labute approximate surface area is 119 Å². The summed E-state index contributed by atoms with van der Waals surface area (Å²) in [6, 6.07) is 20.8. The summed E-state index contributed by atoms with van der Waals surface area (Å²) < 4.78 is 0. The van der Waals surface area contributed by atoms with Crippen LogP contribution in [0.5, 0.6) is 0 Å². The van der Waals surface area contributed by atoms with E-state index < -0.39 is 0 Å². The van der Waals surface area contributed by atoms with Gasteiger partial charge in [0.25, 0.3) is 0 Å². The van der Waals surface area contributed by atoms with Gasteiger partial charge in [-0.15, -0.1) is 11.6 Å². The first-order chi connectivity index (χ1) is 9.34. The predicted octanol–water partition coefficient (Wildman–Crippen LogP) is 4.62. The smallest absolute Gasteiger partial charge is 0.0809 e. The van der Waals surface area contributed by atoms with Crippen LogP contribution in [0.4, 0.5) is 0 Å². The van der Waals surface area contributed by atoms with E-state index in [4.69, 9.17) is 16.6 Å². The van der Waals surface area contributed by atoms with Gasteiger partial charge in [-0.2, -0.15) is 0 Å². The molecule has 1 heterocycles. The van der Waals surface area contributed by atoms with Crippen molar-refractivity contribution in [2.45, 2.75) is 24.3 Å². The van der Waals surface area contributed by atoms with Gasteiger partial charge in [0.2, 0.25) is 0 Å². The van der Waals surface area contributed by atoms with Gasteiger partial charge in [0.1, 0.15) is 0 Å². The zero-order valence-electron chi connectivity index (χ0n) is 10.7. The number of halogens is 1. The highest BCUT2D eigenvalue weighted by Gasteiger charge is 2.26. The van der Waals surface area contributed by atoms with Gasteiger partial charge in [0.15, 0.2) is 0 Å². The van der Waals surface area contributed by atoms with Gasteiger partial charge < -0.3 is 0 Å². The van der Waals surface area contributed by atoms with Gasteiger partial charge in [-0.3, -0.25) is 4.99 Å². The van der Waals surface area contributed by atoms with Crippen molar-refractivity contribution < 1.29 is 0 Å². The molecule has 0 amide bonds. The van der Waals surface area contributed by atoms with Crippen molar-refractivity contribution in [1.29, 1.82) is 0 Å². The SMILES string of the molecule is ClC(c1ccccc1)C1CCC(c2ccccc2)=N1. The fraction of sp³-hybridized carbons (Fsp3) is 0.235. The van der Waals surface area contributed by atoms with Crippen LogP contribution in [0.25, 0.3) is 0 Å². The Hall–Kier alpha value is -1.60. The molecule has 0 N–H and O–H groups in total. The lowest BCUT2D eigenvalue weighted by molar-refractivity contribution is 0.648. The molecule has 0 aromatic heterocycles. The van der Waals surface area contributed by atoms with Crippen molar-refractivity contribution in [3.63, 3.8) is 0 Å². The van der Waals surface area contributed by atoms with Crippen LogP contribution in [0.15, 0.2) is 65.7 Å². The average molecular weight is 270 g/mol. The molecule has 2 aromatic carbocycles. The second-order valence-electron chi connectivity index (χ2n) is 4.86. The molecule has 0 aliphatic carbocycles. The topological polar surface area (TPSA) is 12.4 Å². The first-order valence-electron chi connectivity index (χ1n) is 6.66. The van der Waals surface area contributed by atoms with Crippen LogP contribution in [-0.2, 0) is 0 Å². The Morgan fingerprint density at radius 1 is 0.947 bits per heavy atom. The minimum absolute atomic E-state index is 0.0255. The monoisotopic (exact) mass is 269 g/mol. The Kier molecular flexibility index (Phi) is 3.65. The molecule has 0 bridgehead atoms. The molecular weight excluding hydrogens is 254 g/mol. The molecule has 19 heavy (non-hydrogen) atoms. The Morgan fingerprint density at radius 2 is 1.58 bits per heavy atom. The minimum Gasteiger partial charge on any atom is -0.284 e. The highest BCUT2D eigenvalue weighted by Crippen LogP contribution is 2.33. The summed E-state index contributed by atoms with van der Waals surface area (Å²) in [5.74, 6) is 0. The molecule has 0 spiro atoms. The third kappa shape index (κ3) is 2.71. The number of hydrogen-bond donors (Lipinski definition) is 0. The molecule has 2 unspecified atom stereocenters. The van der Waals surface area contributed by atoms with Gasteiger partial charge in [0.05, 0.1) is 11.4 Å². The fourth-order valence-electron chi connectivity index (χ4n) is 2.53. The summed E-state index contributed by atoms with van der Waals surface area (Å²) in [7, 11) is 0. The third-order valence-corrected chi connectivity index (χ3v) is 4.10. The molecular formula is C17H16ClN. The van der Waals surface area contributed by atoms with Crippen LogP contribution in [-0.4, -0.2) is 11.8 Å². The second-order valence-corrected chi connectivity index (χ2v) is 5.33. The summed E-state index contributed by atoms with van der Waals surface area (Å²) in [6.45, 7) is 0. The molecule has 0 radical (unpaired) electrons. The Morgan fingerprint density at radius 3 is 2.26 bits per heavy atom. The van der Waals surface area contributed by atoms with Gasteiger partial charge >= 0.3 is 0 Å². The van der Waals surface area contributed by atoms with E-state index in [1.165, 1.54) is 11.3 Å². The van der Waals surface area contributed by atoms with Crippen molar-refractivity contribution in [3.05, 3.63) is 71.8 Å². The normalized spacial score (nSPS) is 20.1. The molecule has 1 nitrogen and oxygen atoms in total. The molecule has 2 atom stereocenters. The van der Waals surface area contributed by atoms with E-state index in [1.54, 1.807) is 0 Å². The lowest BCUT2D eigenvalue weighted by atomic mass is 10.0. The molecule has 0 saturated heterocycles. The Bertz CT molecular complexity index is 562. The van der Waals surface area contributed by atoms with E-state index in [-0.39, 0.29) is 11.4 Å². The number of benzene rings is 2. The van der Waals surface area contributed by atoms with E-state index in [0.29, 0.717) is 0 Å². The van der Waals surface area contributed by atoms with Crippen LogP contribution < -0.4 is 0 Å². The largest absolute Gasteiger partial charge is 0.284 e. The molecule has 2 aromatic rings. The molecule has 1 aliphatic heterocycles. The number of nitrogens with zero attached hydrogens (tertiary/aromatic N) is 1. The highest BCUT2D eigenvalue weighted by atomic mass is 35.5. The maximum atomic E-state index is 6.56. The van der Waals surface area contributed by atoms with E-state index in [1.807, 2.05) is 24.3 Å².